The highest BCUT2D eigenvalue weighted by Gasteiger charge is 2.19. The lowest BCUT2D eigenvalue weighted by molar-refractivity contribution is 0.544. The summed E-state index contributed by atoms with van der Waals surface area (Å²) in [6, 6.07) is 2.25. The predicted octanol–water partition coefficient (Wildman–Crippen LogP) is 3.95. The molecule has 4 heteroatoms. The van der Waals surface area contributed by atoms with Crippen LogP contribution in [0.15, 0.2) is 18.2 Å². The van der Waals surface area contributed by atoms with E-state index in [1.54, 1.807) is 6.07 Å². The molecule has 1 aromatic rings. The van der Waals surface area contributed by atoms with Gasteiger partial charge in [0.2, 0.25) is 0 Å². The van der Waals surface area contributed by atoms with Crippen LogP contribution in [0.2, 0.25) is 5.15 Å². The highest BCUT2D eigenvalue weighted by molar-refractivity contribution is 6.29. The molecule has 1 aliphatic rings. The standard InChI is InChI=1S/C14H20ClN3/c1-14(2,3)13-17-11(15)9-12(18-13)16-10-7-5-4-6-8-10/h4-5,9-10H,6-8H2,1-3H3,(H,16,17,18). The van der Waals surface area contributed by atoms with E-state index >= 15 is 0 Å². The van der Waals surface area contributed by atoms with E-state index in [1.807, 2.05) is 0 Å². The molecular formula is C14H20ClN3. The molecule has 0 saturated heterocycles. The average molecular weight is 266 g/mol. The molecule has 0 radical (unpaired) electrons. The third kappa shape index (κ3) is 3.45. The largest absolute Gasteiger partial charge is 0.367 e. The Bertz CT molecular complexity index is 449. The minimum Gasteiger partial charge on any atom is -0.367 e. The average Bonchev–Trinajstić information content (AvgIpc) is 2.28. The van der Waals surface area contributed by atoms with E-state index in [1.165, 1.54) is 0 Å². The second-order valence-corrected chi connectivity index (χ2v) is 6.16. The van der Waals surface area contributed by atoms with E-state index in [2.05, 4.69) is 48.2 Å². The lowest BCUT2D eigenvalue weighted by Crippen LogP contribution is -2.23. The summed E-state index contributed by atoms with van der Waals surface area (Å²) in [5.74, 6) is 1.61. The van der Waals surface area contributed by atoms with Crippen molar-refractivity contribution in [2.45, 2.75) is 51.5 Å². The first kappa shape index (κ1) is 13.3. The molecule has 3 nitrogen and oxygen atoms in total. The van der Waals surface area contributed by atoms with Crippen molar-refractivity contribution in [2.75, 3.05) is 5.32 Å². The van der Waals surface area contributed by atoms with E-state index in [0.717, 1.165) is 30.9 Å². The molecule has 1 unspecified atom stereocenters. The Morgan fingerprint density at radius 2 is 2.06 bits per heavy atom. The Kier molecular flexibility index (Phi) is 3.91. The van der Waals surface area contributed by atoms with Crippen LogP contribution >= 0.6 is 11.6 Å². The van der Waals surface area contributed by atoms with Gasteiger partial charge >= 0.3 is 0 Å². The molecule has 18 heavy (non-hydrogen) atoms. The number of allylic oxidation sites excluding steroid dienone is 1. The van der Waals surface area contributed by atoms with Gasteiger partial charge < -0.3 is 5.32 Å². The van der Waals surface area contributed by atoms with Crippen LogP contribution in [0.5, 0.6) is 0 Å². The molecule has 1 aromatic heterocycles. The van der Waals surface area contributed by atoms with Gasteiger partial charge in [-0.3, -0.25) is 0 Å². The monoisotopic (exact) mass is 265 g/mol. The molecule has 0 amide bonds. The van der Waals surface area contributed by atoms with Crippen molar-refractivity contribution < 1.29 is 0 Å². The Hall–Kier alpha value is -1.09. The summed E-state index contributed by atoms with van der Waals surface area (Å²) in [7, 11) is 0. The number of aromatic nitrogens is 2. The first-order valence-corrected chi connectivity index (χ1v) is 6.79. The summed E-state index contributed by atoms with van der Waals surface area (Å²) in [5.41, 5.74) is -0.0895. The van der Waals surface area contributed by atoms with Gasteiger partial charge in [0.1, 0.15) is 16.8 Å². The van der Waals surface area contributed by atoms with Gasteiger partial charge in [-0.05, 0) is 19.3 Å². The van der Waals surface area contributed by atoms with Crippen LogP contribution in [0.1, 0.15) is 45.9 Å². The van der Waals surface area contributed by atoms with Gasteiger partial charge in [0.05, 0.1) is 0 Å². The van der Waals surface area contributed by atoms with E-state index in [-0.39, 0.29) is 5.41 Å². The van der Waals surface area contributed by atoms with Crippen molar-refractivity contribution in [1.82, 2.24) is 9.97 Å². The van der Waals surface area contributed by atoms with Crippen LogP contribution in [0.4, 0.5) is 5.82 Å². The number of hydrogen-bond donors (Lipinski definition) is 1. The molecule has 0 bridgehead atoms. The van der Waals surface area contributed by atoms with Crippen molar-refractivity contribution in [1.29, 1.82) is 0 Å². The van der Waals surface area contributed by atoms with Crippen molar-refractivity contribution >= 4 is 17.4 Å². The number of nitrogens with one attached hydrogen (secondary N) is 1. The normalized spacial score (nSPS) is 19.9. The van der Waals surface area contributed by atoms with Crippen molar-refractivity contribution in [3.8, 4) is 0 Å². The minimum absolute atomic E-state index is 0.0895. The summed E-state index contributed by atoms with van der Waals surface area (Å²) in [6.45, 7) is 6.27. The van der Waals surface area contributed by atoms with Crippen LogP contribution < -0.4 is 5.32 Å². The minimum atomic E-state index is -0.0895. The molecule has 0 saturated carbocycles. The van der Waals surface area contributed by atoms with Gasteiger partial charge in [-0.25, -0.2) is 9.97 Å². The van der Waals surface area contributed by atoms with Crippen LogP contribution in [-0.4, -0.2) is 16.0 Å². The zero-order valence-corrected chi connectivity index (χ0v) is 12.0. The molecule has 0 spiro atoms. The highest BCUT2D eigenvalue weighted by Crippen LogP contribution is 2.23. The molecule has 1 N–H and O–H groups in total. The molecule has 1 atom stereocenters. The van der Waals surface area contributed by atoms with Crippen LogP contribution in [0, 0.1) is 0 Å². The fraction of sp³-hybridized carbons (Fsp3) is 0.571. The second kappa shape index (κ2) is 5.27. The summed E-state index contributed by atoms with van der Waals surface area (Å²) < 4.78 is 0. The highest BCUT2D eigenvalue weighted by atomic mass is 35.5. The van der Waals surface area contributed by atoms with Crippen molar-refractivity contribution in [2.24, 2.45) is 0 Å². The lowest BCUT2D eigenvalue weighted by atomic mass is 9.96. The Morgan fingerprint density at radius 3 is 2.67 bits per heavy atom. The molecule has 0 fully saturated rings. The van der Waals surface area contributed by atoms with Crippen LogP contribution in [0.3, 0.4) is 0 Å². The maximum absolute atomic E-state index is 6.07. The molecule has 2 rings (SSSR count). The fourth-order valence-electron chi connectivity index (χ4n) is 1.96. The van der Waals surface area contributed by atoms with Crippen molar-refractivity contribution in [3.05, 3.63) is 29.2 Å². The number of anilines is 1. The predicted molar refractivity (Wildman–Crippen MR) is 76.1 cm³/mol. The van der Waals surface area contributed by atoms with E-state index in [9.17, 15) is 0 Å². The van der Waals surface area contributed by atoms with Gasteiger partial charge in [0.25, 0.3) is 0 Å². The topological polar surface area (TPSA) is 37.8 Å². The van der Waals surface area contributed by atoms with Gasteiger partial charge in [0.15, 0.2) is 0 Å². The van der Waals surface area contributed by atoms with Gasteiger partial charge in [-0.2, -0.15) is 0 Å². The number of halogens is 1. The van der Waals surface area contributed by atoms with E-state index in [0.29, 0.717) is 11.2 Å². The maximum atomic E-state index is 6.07. The third-order valence-electron chi connectivity index (χ3n) is 2.99. The third-order valence-corrected chi connectivity index (χ3v) is 3.18. The fourth-order valence-corrected chi connectivity index (χ4v) is 2.14. The van der Waals surface area contributed by atoms with Gasteiger partial charge in [-0.15, -0.1) is 0 Å². The quantitative estimate of drug-likeness (QED) is 0.650. The molecule has 1 aliphatic carbocycles. The van der Waals surface area contributed by atoms with E-state index in [4.69, 9.17) is 11.6 Å². The Balaban J connectivity index is 2.17. The number of rotatable bonds is 2. The Labute approximate surface area is 114 Å². The zero-order chi connectivity index (χ0) is 13.2. The van der Waals surface area contributed by atoms with Crippen molar-refractivity contribution in [3.63, 3.8) is 0 Å². The zero-order valence-electron chi connectivity index (χ0n) is 11.2. The number of nitrogens with zero attached hydrogens (tertiary/aromatic N) is 2. The second-order valence-electron chi connectivity index (χ2n) is 5.78. The molecule has 0 aromatic carbocycles. The number of hydrogen-bond acceptors (Lipinski definition) is 3. The summed E-state index contributed by atoms with van der Waals surface area (Å²) in [6.07, 6.45) is 7.76. The van der Waals surface area contributed by atoms with Gasteiger partial charge in [-0.1, -0.05) is 44.5 Å². The Morgan fingerprint density at radius 1 is 1.28 bits per heavy atom. The summed E-state index contributed by atoms with van der Waals surface area (Å²) in [4.78, 5) is 8.87. The molecule has 1 heterocycles. The van der Waals surface area contributed by atoms with Crippen LogP contribution in [0.25, 0.3) is 0 Å². The molecule has 0 aliphatic heterocycles. The maximum Gasteiger partial charge on any atom is 0.137 e. The van der Waals surface area contributed by atoms with E-state index < -0.39 is 0 Å². The van der Waals surface area contributed by atoms with Gasteiger partial charge in [0, 0.05) is 17.5 Å². The molecular weight excluding hydrogens is 246 g/mol. The lowest BCUT2D eigenvalue weighted by Gasteiger charge is -2.22. The first-order chi connectivity index (χ1) is 8.45. The molecule has 98 valence electrons. The first-order valence-electron chi connectivity index (χ1n) is 6.42. The summed E-state index contributed by atoms with van der Waals surface area (Å²) in [5, 5.41) is 3.95. The SMILES string of the molecule is CC(C)(C)c1nc(Cl)cc(NC2CC=CCC2)n1. The van der Waals surface area contributed by atoms with Crippen LogP contribution in [-0.2, 0) is 5.41 Å². The summed E-state index contributed by atoms with van der Waals surface area (Å²) >= 11 is 6.07. The smallest absolute Gasteiger partial charge is 0.137 e.